The van der Waals surface area contributed by atoms with Gasteiger partial charge in [0.2, 0.25) is 5.52 Å². The summed E-state index contributed by atoms with van der Waals surface area (Å²) in [7, 11) is 2.21. The van der Waals surface area contributed by atoms with Crippen molar-refractivity contribution in [2.75, 3.05) is 0 Å². The monoisotopic (exact) mass is 493 g/mol. The molecule has 7 aromatic rings. The van der Waals surface area contributed by atoms with Gasteiger partial charge in [-0.05, 0) is 77.6 Å². The van der Waals surface area contributed by atoms with Gasteiger partial charge in [0.25, 0.3) is 0 Å². The quantitative estimate of drug-likeness (QED) is 0.132. The Morgan fingerprint density at radius 2 is 1.61 bits per heavy atom. The molecular weight excluding hydrogens is 460 g/mol. The number of nitrogens with zero attached hydrogens (tertiary/aromatic N) is 2. The minimum atomic E-state index is 0.825. The first-order chi connectivity index (χ1) is 18.6. The van der Waals surface area contributed by atoms with E-state index in [1.807, 2.05) is 0 Å². The van der Waals surface area contributed by atoms with Gasteiger partial charge in [0.1, 0.15) is 7.05 Å². The third kappa shape index (κ3) is 3.04. The lowest BCUT2D eigenvalue weighted by atomic mass is 9.93. The Kier molecular flexibility index (Phi) is 4.68. The molecule has 4 aromatic carbocycles. The SMILES string of the molecule is Cc1cc2c3ccc(-c4ccccc4)cc3n3c4cc(CC5CCCC5)cc5cc[n+](C)c(c(c1C)c23)c54. The van der Waals surface area contributed by atoms with Crippen LogP contribution < -0.4 is 4.57 Å². The third-order valence-electron chi connectivity index (χ3n) is 9.43. The molecule has 0 radical (unpaired) electrons. The molecule has 1 aliphatic carbocycles. The highest BCUT2D eigenvalue weighted by atomic mass is 15.0. The molecule has 0 amide bonds. The van der Waals surface area contributed by atoms with Crippen molar-refractivity contribution in [3.63, 3.8) is 0 Å². The van der Waals surface area contributed by atoms with Crippen LogP contribution in [0.4, 0.5) is 0 Å². The zero-order valence-electron chi connectivity index (χ0n) is 22.5. The van der Waals surface area contributed by atoms with Gasteiger partial charge in [0, 0.05) is 16.8 Å². The van der Waals surface area contributed by atoms with Gasteiger partial charge in [-0.2, -0.15) is 0 Å². The van der Waals surface area contributed by atoms with Crippen molar-refractivity contribution in [2.45, 2.75) is 46.0 Å². The van der Waals surface area contributed by atoms with E-state index in [4.69, 9.17) is 0 Å². The van der Waals surface area contributed by atoms with E-state index in [1.165, 1.54) is 109 Å². The highest BCUT2D eigenvalue weighted by molar-refractivity contribution is 6.26. The molecule has 3 heterocycles. The molecular formula is C36H33N2+. The van der Waals surface area contributed by atoms with Gasteiger partial charge in [-0.25, -0.2) is 4.57 Å². The number of hydrogen-bond acceptors (Lipinski definition) is 0. The van der Waals surface area contributed by atoms with Crippen LogP contribution in [-0.2, 0) is 13.5 Å². The molecule has 0 aliphatic heterocycles. The second-order valence-corrected chi connectivity index (χ2v) is 11.7. The number of aromatic nitrogens is 2. The summed E-state index contributed by atoms with van der Waals surface area (Å²) >= 11 is 0. The minimum Gasteiger partial charge on any atom is -0.307 e. The van der Waals surface area contributed by atoms with E-state index in [2.05, 4.69) is 109 Å². The molecule has 0 bridgehead atoms. The fraction of sp³-hybridized carbons (Fsp3) is 0.250. The van der Waals surface area contributed by atoms with Crippen LogP contribution in [0.2, 0.25) is 0 Å². The topological polar surface area (TPSA) is 8.29 Å². The Hall–Kier alpha value is -3.91. The number of rotatable bonds is 3. The molecule has 0 saturated heterocycles. The fourth-order valence-electron chi connectivity index (χ4n) is 7.44. The molecule has 8 rings (SSSR count). The van der Waals surface area contributed by atoms with Gasteiger partial charge in [-0.15, -0.1) is 0 Å². The highest BCUT2D eigenvalue weighted by Gasteiger charge is 2.26. The Bertz CT molecular complexity index is 2020. The van der Waals surface area contributed by atoms with Crippen LogP contribution in [0.3, 0.4) is 0 Å². The minimum absolute atomic E-state index is 0.825. The summed E-state index contributed by atoms with van der Waals surface area (Å²) in [6, 6.07) is 27.6. The van der Waals surface area contributed by atoms with E-state index >= 15 is 0 Å². The van der Waals surface area contributed by atoms with Crippen LogP contribution in [0.15, 0.2) is 79.0 Å². The van der Waals surface area contributed by atoms with Crippen LogP contribution in [0.25, 0.3) is 60.1 Å². The molecule has 0 spiro atoms. The summed E-state index contributed by atoms with van der Waals surface area (Å²) in [6.07, 6.45) is 8.99. The predicted octanol–water partition coefficient (Wildman–Crippen LogP) is 8.83. The first-order valence-electron chi connectivity index (χ1n) is 14.2. The van der Waals surface area contributed by atoms with Crippen molar-refractivity contribution >= 4 is 49.0 Å². The second kappa shape index (κ2) is 8.04. The van der Waals surface area contributed by atoms with Gasteiger partial charge in [0.05, 0.1) is 27.3 Å². The highest BCUT2D eigenvalue weighted by Crippen LogP contribution is 2.43. The molecule has 3 aromatic heterocycles. The third-order valence-corrected chi connectivity index (χ3v) is 9.43. The van der Waals surface area contributed by atoms with Crippen molar-refractivity contribution in [3.05, 3.63) is 95.7 Å². The Labute approximate surface area is 223 Å². The average Bonchev–Trinajstić information content (AvgIpc) is 3.56. The van der Waals surface area contributed by atoms with Gasteiger partial charge in [-0.3, -0.25) is 0 Å². The lowest BCUT2D eigenvalue weighted by Crippen LogP contribution is -2.29. The maximum absolute atomic E-state index is 2.60. The number of aryl methyl sites for hydroxylation is 3. The fourth-order valence-corrected chi connectivity index (χ4v) is 7.44. The average molecular weight is 494 g/mol. The number of hydrogen-bond donors (Lipinski definition) is 0. The van der Waals surface area contributed by atoms with Gasteiger partial charge in [-0.1, -0.05) is 74.2 Å². The molecule has 2 heteroatoms. The van der Waals surface area contributed by atoms with E-state index in [-0.39, 0.29) is 0 Å². The molecule has 0 N–H and O–H groups in total. The van der Waals surface area contributed by atoms with Crippen LogP contribution in [0, 0.1) is 19.8 Å². The Morgan fingerprint density at radius 1 is 0.789 bits per heavy atom. The van der Waals surface area contributed by atoms with Gasteiger partial charge >= 0.3 is 0 Å². The van der Waals surface area contributed by atoms with Crippen molar-refractivity contribution in [3.8, 4) is 11.1 Å². The largest absolute Gasteiger partial charge is 0.307 e. The van der Waals surface area contributed by atoms with E-state index in [9.17, 15) is 0 Å². The first kappa shape index (κ1) is 22.1. The number of fused-ring (bicyclic) bond motifs is 5. The molecule has 1 fully saturated rings. The lowest BCUT2D eigenvalue weighted by Gasteiger charge is -2.16. The summed E-state index contributed by atoms with van der Waals surface area (Å²) in [5.74, 6) is 0.825. The summed E-state index contributed by atoms with van der Waals surface area (Å²) in [5.41, 5.74) is 12.1. The summed E-state index contributed by atoms with van der Waals surface area (Å²) in [6.45, 7) is 4.58. The predicted molar refractivity (Wildman–Crippen MR) is 160 cm³/mol. The van der Waals surface area contributed by atoms with Crippen LogP contribution >= 0.6 is 0 Å². The molecule has 1 saturated carbocycles. The Morgan fingerprint density at radius 3 is 2.42 bits per heavy atom. The van der Waals surface area contributed by atoms with Gasteiger partial charge in [0.15, 0.2) is 6.20 Å². The second-order valence-electron chi connectivity index (χ2n) is 11.7. The van der Waals surface area contributed by atoms with E-state index in [0.29, 0.717) is 0 Å². The van der Waals surface area contributed by atoms with Crippen molar-refractivity contribution < 1.29 is 4.57 Å². The molecule has 2 nitrogen and oxygen atoms in total. The summed E-state index contributed by atoms with van der Waals surface area (Å²) < 4.78 is 4.95. The van der Waals surface area contributed by atoms with E-state index in [0.717, 1.165) is 5.92 Å². The van der Waals surface area contributed by atoms with E-state index in [1.54, 1.807) is 0 Å². The van der Waals surface area contributed by atoms with Gasteiger partial charge < -0.3 is 4.40 Å². The van der Waals surface area contributed by atoms with Crippen molar-refractivity contribution in [2.24, 2.45) is 13.0 Å². The number of benzene rings is 4. The lowest BCUT2D eigenvalue weighted by molar-refractivity contribution is -0.643. The maximum atomic E-state index is 2.60. The molecule has 1 aliphatic rings. The standard InChI is InChI=1S/C36H33N2/c1-22-17-30-29-14-13-27(26-11-5-4-6-12-26)21-31(29)38-32-20-25(18-24-9-7-8-10-24)19-28-15-16-37(3)36(34(28)32)33(23(22)2)35(30)38/h4-6,11-17,19-21,24H,7-10,18H2,1-3H3/q+1. The number of pyridine rings is 2. The normalized spacial score (nSPS) is 14.8. The summed E-state index contributed by atoms with van der Waals surface area (Å²) in [4.78, 5) is 0. The van der Waals surface area contributed by atoms with E-state index < -0.39 is 0 Å². The zero-order chi connectivity index (χ0) is 25.5. The van der Waals surface area contributed by atoms with Crippen LogP contribution in [0.5, 0.6) is 0 Å². The molecule has 186 valence electrons. The summed E-state index contributed by atoms with van der Waals surface area (Å²) in [5, 5.41) is 6.84. The first-order valence-corrected chi connectivity index (χ1v) is 14.2. The smallest absolute Gasteiger partial charge is 0.224 e. The molecule has 38 heavy (non-hydrogen) atoms. The maximum Gasteiger partial charge on any atom is 0.224 e. The zero-order valence-corrected chi connectivity index (χ0v) is 22.5. The molecule has 0 unspecified atom stereocenters. The Balaban J connectivity index is 1.58. The van der Waals surface area contributed by atoms with Crippen molar-refractivity contribution in [1.29, 1.82) is 0 Å². The van der Waals surface area contributed by atoms with Crippen molar-refractivity contribution in [1.82, 2.24) is 4.40 Å². The van der Waals surface area contributed by atoms with Crippen LogP contribution in [-0.4, -0.2) is 4.40 Å². The van der Waals surface area contributed by atoms with Crippen LogP contribution in [0.1, 0.15) is 42.4 Å². The molecule has 0 atom stereocenters.